The highest BCUT2D eigenvalue weighted by atomic mass is 32.1. The molecule has 20 heavy (non-hydrogen) atoms. The van der Waals surface area contributed by atoms with Crippen LogP contribution in [0.1, 0.15) is 29.3 Å². The van der Waals surface area contributed by atoms with E-state index >= 15 is 0 Å². The quantitative estimate of drug-likeness (QED) is 0.864. The molecule has 0 bridgehead atoms. The Balaban J connectivity index is 2.31. The van der Waals surface area contributed by atoms with Gasteiger partial charge in [-0.05, 0) is 13.3 Å². The van der Waals surface area contributed by atoms with Crippen molar-refractivity contribution in [2.75, 3.05) is 13.1 Å². The van der Waals surface area contributed by atoms with Crippen LogP contribution in [0.2, 0.25) is 0 Å². The summed E-state index contributed by atoms with van der Waals surface area (Å²) in [5, 5.41) is 4.71. The molecule has 8 heteroatoms. The second kappa shape index (κ2) is 5.43. The minimum absolute atomic E-state index is 0.256. The summed E-state index contributed by atoms with van der Waals surface area (Å²) in [6.07, 6.45) is -4.05. The number of nitrogens with one attached hydrogen (secondary N) is 1. The molecule has 1 saturated heterocycles. The molecule has 2 heterocycles. The Bertz CT molecular complexity index is 527. The summed E-state index contributed by atoms with van der Waals surface area (Å²) in [7, 11) is 0. The van der Waals surface area contributed by atoms with E-state index in [1.807, 2.05) is 0 Å². The van der Waals surface area contributed by atoms with Gasteiger partial charge in [-0.15, -0.1) is 0 Å². The number of thiophene rings is 1. The summed E-state index contributed by atoms with van der Waals surface area (Å²) in [6.45, 7) is 2.19. The highest BCUT2D eigenvalue weighted by Crippen LogP contribution is 2.35. The summed E-state index contributed by atoms with van der Waals surface area (Å²) in [5.74, 6) is -1.09. The third-order valence-corrected chi connectivity index (χ3v) is 3.92. The standard InChI is InChI=1S/C12H13F3N2O2S/c1-7-10(18)16-3-2-4-17(7)11(19)8-5-20-6-9(8)12(13,14)15/h5-7H,2-4H2,1H3,(H,16,18). The Labute approximate surface area is 117 Å². The fraction of sp³-hybridized carbons (Fsp3) is 0.500. The molecule has 1 N–H and O–H groups in total. The van der Waals surface area contributed by atoms with E-state index in [1.54, 1.807) is 0 Å². The van der Waals surface area contributed by atoms with Gasteiger partial charge >= 0.3 is 6.18 Å². The second-order valence-electron chi connectivity index (χ2n) is 4.52. The molecular formula is C12H13F3N2O2S. The van der Waals surface area contributed by atoms with Crippen LogP contribution in [0.4, 0.5) is 13.2 Å². The van der Waals surface area contributed by atoms with Crippen molar-refractivity contribution in [1.29, 1.82) is 0 Å². The van der Waals surface area contributed by atoms with Crippen molar-refractivity contribution in [3.05, 3.63) is 21.9 Å². The van der Waals surface area contributed by atoms with E-state index < -0.39 is 23.7 Å². The molecule has 1 unspecified atom stereocenters. The first-order valence-corrected chi connectivity index (χ1v) is 6.98. The molecule has 1 aliphatic rings. The number of carbonyl (C=O) groups excluding carboxylic acids is 2. The SMILES string of the molecule is CC1C(=O)NCCCN1C(=O)c1cscc1C(F)(F)F. The van der Waals surface area contributed by atoms with Gasteiger partial charge in [0.25, 0.3) is 5.91 Å². The maximum absolute atomic E-state index is 12.8. The van der Waals surface area contributed by atoms with E-state index in [-0.39, 0.29) is 18.0 Å². The number of rotatable bonds is 1. The number of carbonyl (C=O) groups is 2. The van der Waals surface area contributed by atoms with Crippen LogP contribution in [-0.4, -0.2) is 35.8 Å². The number of alkyl halides is 3. The van der Waals surface area contributed by atoms with E-state index in [1.165, 1.54) is 17.2 Å². The van der Waals surface area contributed by atoms with Crippen molar-refractivity contribution in [3.63, 3.8) is 0 Å². The van der Waals surface area contributed by atoms with Crippen molar-refractivity contribution in [1.82, 2.24) is 10.2 Å². The van der Waals surface area contributed by atoms with Gasteiger partial charge in [0, 0.05) is 23.8 Å². The van der Waals surface area contributed by atoms with Crippen LogP contribution in [0, 0.1) is 0 Å². The Morgan fingerprint density at radius 2 is 2.15 bits per heavy atom. The molecule has 2 rings (SSSR count). The van der Waals surface area contributed by atoms with Crippen LogP contribution in [0.15, 0.2) is 10.8 Å². The second-order valence-corrected chi connectivity index (χ2v) is 5.26. The van der Waals surface area contributed by atoms with Crippen LogP contribution < -0.4 is 5.32 Å². The lowest BCUT2D eigenvalue weighted by molar-refractivity contribution is -0.137. The van der Waals surface area contributed by atoms with Gasteiger partial charge in [-0.2, -0.15) is 24.5 Å². The first kappa shape index (κ1) is 14.8. The highest BCUT2D eigenvalue weighted by molar-refractivity contribution is 7.08. The minimum Gasteiger partial charge on any atom is -0.354 e. The lowest BCUT2D eigenvalue weighted by Gasteiger charge is -2.25. The Morgan fingerprint density at radius 3 is 2.80 bits per heavy atom. The van der Waals surface area contributed by atoms with Crippen molar-refractivity contribution in [2.45, 2.75) is 25.6 Å². The van der Waals surface area contributed by atoms with E-state index in [0.29, 0.717) is 13.0 Å². The molecule has 0 saturated carbocycles. The van der Waals surface area contributed by atoms with Gasteiger partial charge in [0.15, 0.2) is 0 Å². The zero-order valence-corrected chi connectivity index (χ0v) is 11.5. The Morgan fingerprint density at radius 1 is 1.45 bits per heavy atom. The zero-order valence-electron chi connectivity index (χ0n) is 10.7. The number of nitrogens with zero attached hydrogens (tertiary/aromatic N) is 1. The van der Waals surface area contributed by atoms with E-state index in [4.69, 9.17) is 0 Å². The average Bonchev–Trinajstić information content (AvgIpc) is 2.80. The number of hydrogen-bond donors (Lipinski definition) is 1. The van der Waals surface area contributed by atoms with Crippen molar-refractivity contribution < 1.29 is 22.8 Å². The highest BCUT2D eigenvalue weighted by Gasteiger charge is 2.38. The van der Waals surface area contributed by atoms with Crippen LogP contribution >= 0.6 is 11.3 Å². The van der Waals surface area contributed by atoms with Crippen LogP contribution in [0.25, 0.3) is 0 Å². The molecule has 1 atom stereocenters. The third-order valence-electron chi connectivity index (χ3n) is 3.18. The largest absolute Gasteiger partial charge is 0.417 e. The number of halogens is 3. The lowest BCUT2D eigenvalue weighted by Crippen LogP contribution is -2.45. The summed E-state index contributed by atoms with van der Waals surface area (Å²) in [5.41, 5.74) is -1.33. The topological polar surface area (TPSA) is 49.4 Å². The number of amides is 2. The van der Waals surface area contributed by atoms with E-state index in [9.17, 15) is 22.8 Å². The van der Waals surface area contributed by atoms with Crippen molar-refractivity contribution in [3.8, 4) is 0 Å². The van der Waals surface area contributed by atoms with E-state index in [0.717, 1.165) is 16.7 Å². The summed E-state index contributed by atoms with van der Waals surface area (Å²) in [6, 6.07) is -0.772. The summed E-state index contributed by atoms with van der Waals surface area (Å²) >= 11 is 0.825. The van der Waals surface area contributed by atoms with Gasteiger partial charge in [0.1, 0.15) is 6.04 Å². The van der Waals surface area contributed by atoms with Gasteiger partial charge in [-0.3, -0.25) is 9.59 Å². The average molecular weight is 306 g/mol. The maximum Gasteiger partial charge on any atom is 0.417 e. The fourth-order valence-corrected chi connectivity index (χ4v) is 2.89. The molecule has 1 aliphatic heterocycles. The minimum atomic E-state index is -4.57. The molecule has 1 fully saturated rings. The first-order chi connectivity index (χ1) is 9.32. The molecule has 0 aliphatic carbocycles. The zero-order chi connectivity index (χ0) is 14.9. The molecule has 0 aromatic carbocycles. The van der Waals surface area contributed by atoms with E-state index in [2.05, 4.69) is 5.32 Å². The Kier molecular flexibility index (Phi) is 4.03. The van der Waals surface area contributed by atoms with Gasteiger partial charge < -0.3 is 10.2 Å². The molecule has 0 radical (unpaired) electrons. The molecular weight excluding hydrogens is 293 g/mol. The van der Waals surface area contributed by atoms with Gasteiger partial charge in [0.05, 0.1) is 11.1 Å². The number of hydrogen-bond acceptors (Lipinski definition) is 3. The Hall–Kier alpha value is -1.57. The first-order valence-electron chi connectivity index (χ1n) is 6.04. The van der Waals surface area contributed by atoms with Crippen LogP contribution in [-0.2, 0) is 11.0 Å². The molecule has 4 nitrogen and oxygen atoms in total. The molecule has 2 amide bonds. The fourth-order valence-electron chi connectivity index (χ4n) is 2.06. The molecule has 1 aromatic rings. The monoisotopic (exact) mass is 306 g/mol. The lowest BCUT2D eigenvalue weighted by atomic mass is 10.1. The van der Waals surface area contributed by atoms with Gasteiger partial charge in [-0.1, -0.05) is 0 Å². The summed E-state index contributed by atoms with van der Waals surface area (Å²) in [4.78, 5) is 25.1. The third kappa shape index (κ3) is 2.79. The van der Waals surface area contributed by atoms with Crippen LogP contribution in [0.3, 0.4) is 0 Å². The normalized spacial score (nSPS) is 20.5. The summed E-state index contributed by atoms with van der Waals surface area (Å²) < 4.78 is 38.5. The van der Waals surface area contributed by atoms with Crippen molar-refractivity contribution >= 4 is 23.2 Å². The predicted molar refractivity (Wildman–Crippen MR) is 67.4 cm³/mol. The van der Waals surface area contributed by atoms with Crippen molar-refractivity contribution in [2.24, 2.45) is 0 Å². The van der Waals surface area contributed by atoms with Gasteiger partial charge in [0.2, 0.25) is 5.91 Å². The maximum atomic E-state index is 12.8. The smallest absolute Gasteiger partial charge is 0.354 e. The molecule has 0 spiro atoms. The predicted octanol–water partition coefficient (Wildman–Crippen LogP) is 2.12. The molecule has 1 aromatic heterocycles. The van der Waals surface area contributed by atoms with Gasteiger partial charge in [-0.25, -0.2) is 0 Å². The molecule has 110 valence electrons. The van der Waals surface area contributed by atoms with Crippen LogP contribution in [0.5, 0.6) is 0 Å².